The van der Waals surface area contributed by atoms with Crippen LogP contribution in [0.5, 0.6) is 0 Å². The minimum absolute atomic E-state index is 0.699. The van der Waals surface area contributed by atoms with Crippen LogP contribution >= 0.6 is 0 Å². The molecule has 0 spiro atoms. The molecule has 14 heavy (non-hydrogen) atoms. The predicted molar refractivity (Wildman–Crippen MR) is 56.7 cm³/mol. The summed E-state index contributed by atoms with van der Waals surface area (Å²) >= 11 is 0. The van der Waals surface area contributed by atoms with Gasteiger partial charge >= 0.3 is 0 Å². The Morgan fingerprint density at radius 1 is 1.43 bits per heavy atom. The molecule has 2 aromatic heterocycles. The van der Waals surface area contributed by atoms with E-state index < -0.39 is 0 Å². The fourth-order valence-corrected chi connectivity index (χ4v) is 1.80. The molecule has 0 amide bonds. The normalized spacial score (nSPS) is 16.1. The molecule has 0 aliphatic heterocycles. The third kappa shape index (κ3) is 1.09. The maximum atomic E-state index is 4.47. The number of anilines is 1. The van der Waals surface area contributed by atoms with Gasteiger partial charge < -0.3 is 9.72 Å². The molecule has 1 aliphatic rings. The maximum absolute atomic E-state index is 4.47. The lowest BCUT2D eigenvalue weighted by Crippen LogP contribution is -1.95. The number of aromatic nitrogens is 2. The van der Waals surface area contributed by atoms with Crippen molar-refractivity contribution >= 4 is 11.2 Å². The van der Waals surface area contributed by atoms with E-state index in [-0.39, 0.29) is 0 Å². The molecule has 0 unspecified atom stereocenters. The summed E-state index contributed by atoms with van der Waals surface area (Å²) in [5.74, 6) is 1.92. The van der Waals surface area contributed by atoms with Crippen LogP contribution in [0.25, 0.3) is 5.52 Å². The molecular weight excluding hydrogens is 174 g/mol. The number of hydrogen-bond donors (Lipinski definition) is 1. The first-order valence-corrected chi connectivity index (χ1v) is 5.03. The molecule has 0 atom stereocenters. The summed E-state index contributed by atoms with van der Waals surface area (Å²) < 4.78 is 2.20. The second-order valence-corrected chi connectivity index (χ2v) is 3.85. The van der Waals surface area contributed by atoms with E-state index in [1.807, 2.05) is 13.2 Å². The van der Waals surface area contributed by atoms with E-state index in [0.717, 1.165) is 5.69 Å². The first-order valence-electron chi connectivity index (χ1n) is 5.03. The van der Waals surface area contributed by atoms with Crippen molar-refractivity contribution in [3.05, 3.63) is 30.4 Å². The molecule has 72 valence electrons. The molecule has 0 saturated heterocycles. The number of rotatable bonds is 2. The van der Waals surface area contributed by atoms with Gasteiger partial charge in [0.05, 0.1) is 17.4 Å². The first kappa shape index (κ1) is 7.85. The lowest BCUT2D eigenvalue weighted by molar-refractivity contribution is 0.921. The lowest BCUT2D eigenvalue weighted by Gasteiger charge is -2.03. The van der Waals surface area contributed by atoms with Gasteiger partial charge in [0.2, 0.25) is 0 Å². The molecule has 3 nitrogen and oxygen atoms in total. The highest BCUT2D eigenvalue weighted by molar-refractivity contribution is 5.54. The fourth-order valence-electron chi connectivity index (χ4n) is 1.80. The number of hydrogen-bond acceptors (Lipinski definition) is 2. The molecule has 0 aromatic carbocycles. The third-order valence-corrected chi connectivity index (χ3v) is 2.79. The standard InChI is InChI=1S/C11H13N3/c1-12-9-4-5-10-6-13-11(8-2-3-8)14(10)7-9/h4-8,12H,2-3H2,1H3. The first-order chi connectivity index (χ1) is 6.88. The van der Waals surface area contributed by atoms with Crippen LogP contribution < -0.4 is 5.32 Å². The van der Waals surface area contributed by atoms with Gasteiger partial charge in [-0.2, -0.15) is 0 Å². The molecule has 1 fully saturated rings. The van der Waals surface area contributed by atoms with Crippen LogP contribution in [0.3, 0.4) is 0 Å². The van der Waals surface area contributed by atoms with Gasteiger partial charge in [0.15, 0.2) is 0 Å². The number of fused-ring (bicyclic) bond motifs is 1. The van der Waals surface area contributed by atoms with E-state index in [4.69, 9.17) is 0 Å². The van der Waals surface area contributed by atoms with Crippen LogP contribution in [0.4, 0.5) is 5.69 Å². The topological polar surface area (TPSA) is 29.3 Å². The van der Waals surface area contributed by atoms with Crippen LogP contribution in [0, 0.1) is 0 Å². The Morgan fingerprint density at radius 3 is 3.00 bits per heavy atom. The van der Waals surface area contributed by atoms with Crippen molar-refractivity contribution in [1.29, 1.82) is 0 Å². The molecule has 1 aliphatic carbocycles. The van der Waals surface area contributed by atoms with Gasteiger partial charge in [-0.25, -0.2) is 4.98 Å². The molecule has 0 radical (unpaired) electrons. The number of imidazole rings is 1. The lowest BCUT2D eigenvalue weighted by atomic mass is 10.3. The summed E-state index contributed by atoms with van der Waals surface area (Å²) in [5, 5.41) is 3.15. The minimum atomic E-state index is 0.699. The van der Waals surface area contributed by atoms with E-state index in [0.29, 0.717) is 5.92 Å². The van der Waals surface area contributed by atoms with Gasteiger partial charge in [0, 0.05) is 19.2 Å². The number of nitrogens with zero attached hydrogens (tertiary/aromatic N) is 2. The van der Waals surface area contributed by atoms with Gasteiger partial charge in [-0.15, -0.1) is 0 Å². The highest BCUT2D eigenvalue weighted by Crippen LogP contribution is 2.39. The summed E-state index contributed by atoms with van der Waals surface area (Å²) in [5.41, 5.74) is 2.32. The van der Waals surface area contributed by atoms with Gasteiger partial charge in [-0.3, -0.25) is 0 Å². The van der Waals surface area contributed by atoms with Gasteiger partial charge in [-0.05, 0) is 25.0 Å². The number of nitrogens with one attached hydrogen (secondary N) is 1. The highest BCUT2D eigenvalue weighted by Gasteiger charge is 2.27. The molecule has 2 heterocycles. The summed E-state index contributed by atoms with van der Waals surface area (Å²) in [6, 6.07) is 4.18. The van der Waals surface area contributed by atoms with Crippen molar-refractivity contribution in [2.45, 2.75) is 18.8 Å². The van der Waals surface area contributed by atoms with Crippen LogP contribution in [0.2, 0.25) is 0 Å². The molecule has 3 heteroatoms. The average Bonchev–Trinajstić information content (AvgIpc) is 2.98. The van der Waals surface area contributed by atoms with Crippen LogP contribution in [0.15, 0.2) is 24.5 Å². The van der Waals surface area contributed by atoms with Crippen molar-refractivity contribution < 1.29 is 0 Å². The second kappa shape index (κ2) is 2.74. The Bertz CT molecular complexity index is 468. The minimum Gasteiger partial charge on any atom is -0.387 e. The highest BCUT2D eigenvalue weighted by atomic mass is 15.0. The Hall–Kier alpha value is -1.51. The number of pyridine rings is 1. The Kier molecular flexibility index (Phi) is 1.54. The zero-order valence-electron chi connectivity index (χ0n) is 8.20. The van der Waals surface area contributed by atoms with Gasteiger partial charge in [-0.1, -0.05) is 0 Å². The van der Waals surface area contributed by atoms with Crippen molar-refractivity contribution in [3.8, 4) is 0 Å². The summed E-state index contributed by atoms with van der Waals surface area (Å²) in [7, 11) is 1.94. The molecular formula is C11H13N3. The zero-order chi connectivity index (χ0) is 9.54. The van der Waals surface area contributed by atoms with Crippen LogP contribution in [0.1, 0.15) is 24.6 Å². The van der Waals surface area contributed by atoms with Crippen LogP contribution in [-0.2, 0) is 0 Å². The SMILES string of the molecule is CNc1ccc2cnc(C3CC3)n2c1. The quantitative estimate of drug-likeness (QED) is 0.781. The Balaban J connectivity index is 2.20. The van der Waals surface area contributed by atoms with Crippen molar-refractivity contribution in [3.63, 3.8) is 0 Å². The average molecular weight is 187 g/mol. The zero-order valence-corrected chi connectivity index (χ0v) is 8.20. The van der Waals surface area contributed by atoms with Crippen molar-refractivity contribution in [2.24, 2.45) is 0 Å². The molecule has 1 saturated carbocycles. The second-order valence-electron chi connectivity index (χ2n) is 3.85. The molecule has 3 rings (SSSR count). The van der Waals surface area contributed by atoms with E-state index in [9.17, 15) is 0 Å². The predicted octanol–water partition coefficient (Wildman–Crippen LogP) is 2.25. The molecule has 1 N–H and O–H groups in total. The Morgan fingerprint density at radius 2 is 2.29 bits per heavy atom. The Labute approximate surface area is 82.8 Å². The van der Waals surface area contributed by atoms with Crippen LogP contribution in [-0.4, -0.2) is 16.4 Å². The van der Waals surface area contributed by atoms with E-state index in [1.54, 1.807) is 0 Å². The van der Waals surface area contributed by atoms with E-state index >= 15 is 0 Å². The summed E-state index contributed by atoms with van der Waals surface area (Å²) in [6.07, 6.45) is 6.66. The fraction of sp³-hybridized carbons (Fsp3) is 0.364. The van der Waals surface area contributed by atoms with E-state index in [1.165, 1.54) is 24.2 Å². The van der Waals surface area contributed by atoms with Crippen molar-refractivity contribution in [2.75, 3.05) is 12.4 Å². The molecule has 0 bridgehead atoms. The maximum Gasteiger partial charge on any atom is 0.116 e. The monoisotopic (exact) mass is 187 g/mol. The third-order valence-electron chi connectivity index (χ3n) is 2.79. The smallest absolute Gasteiger partial charge is 0.116 e. The largest absolute Gasteiger partial charge is 0.387 e. The van der Waals surface area contributed by atoms with Gasteiger partial charge in [0.25, 0.3) is 0 Å². The molecule has 2 aromatic rings. The van der Waals surface area contributed by atoms with Crippen molar-refractivity contribution in [1.82, 2.24) is 9.38 Å². The summed E-state index contributed by atoms with van der Waals surface area (Å²) in [6.45, 7) is 0. The van der Waals surface area contributed by atoms with E-state index in [2.05, 4.69) is 33.0 Å². The summed E-state index contributed by atoms with van der Waals surface area (Å²) in [4.78, 5) is 4.47. The van der Waals surface area contributed by atoms with Gasteiger partial charge in [0.1, 0.15) is 5.82 Å².